The van der Waals surface area contributed by atoms with Crippen molar-refractivity contribution in [3.63, 3.8) is 0 Å². The van der Waals surface area contributed by atoms with Gasteiger partial charge in [-0.3, -0.25) is 9.88 Å². The Kier molecular flexibility index (Phi) is 4.86. The summed E-state index contributed by atoms with van der Waals surface area (Å²) in [5, 5.41) is 0. The molecule has 1 fully saturated rings. The Morgan fingerprint density at radius 3 is 2.45 bits per heavy atom. The standard InChI is InChI=1S/C25H26N4/c1-18(19-5-3-2-4-6-19)29-15-11-21(12-16-29)25-27-23-8-7-22(17-24(23)28-25)20-9-13-26-14-10-20/h2-10,13-14,17-18,21H,11-12,15-16H2,1H3,(H,27,28). The molecular formula is C25H26N4. The summed E-state index contributed by atoms with van der Waals surface area (Å²) < 4.78 is 0. The molecule has 0 aliphatic carbocycles. The molecule has 0 radical (unpaired) electrons. The Morgan fingerprint density at radius 2 is 1.69 bits per heavy atom. The van der Waals surface area contributed by atoms with Crippen LogP contribution in [-0.2, 0) is 0 Å². The van der Waals surface area contributed by atoms with E-state index in [1.807, 2.05) is 24.5 Å². The molecule has 2 aromatic carbocycles. The van der Waals surface area contributed by atoms with Crippen molar-refractivity contribution in [3.05, 3.63) is 84.4 Å². The quantitative estimate of drug-likeness (QED) is 0.502. The van der Waals surface area contributed by atoms with Crippen LogP contribution >= 0.6 is 0 Å². The first kappa shape index (κ1) is 18.1. The molecule has 0 spiro atoms. The number of H-pyrrole nitrogens is 1. The summed E-state index contributed by atoms with van der Waals surface area (Å²) in [6, 6.07) is 21.8. The number of nitrogens with one attached hydrogen (secondary N) is 1. The van der Waals surface area contributed by atoms with E-state index in [2.05, 4.69) is 70.3 Å². The molecule has 1 aliphatic rings. The van der Waals surface area contributed by atoms with E-state index in [1.165, 1.54) is 16.7 Å². The molecule has 1 unspecified atom stereocenters. The first-order valence-corrected chi connectivity index (χ1v) is 10.5. The molecule has 1 aliphatic heterocycles. The van der Waals surface area contributed by atoms with E-state index in [0.717, 1.165) is 42.8 Å². The lowest BCUT2D eigenvalue weighted by Crippen LogP contribution is -2.35. The number of hydrogen-bond donors (Lipinski definition) is 1. The maximum Gasteiger partial charge on any atom is 0.110 e. The first-order chi connectivity index (χ1) is 14.3. The Labute approximate surface area is 171 Å². The minimum absolute atomic E-state index is 0.468. The molecule has 29 heavy (non-hydrogen) atoms. The Balaban J connectivity index is 1.31. The number of likely N-dealkylation sites (tertiary alicyclic amines) is 1. The van der Waals surface area contributed by atoms with E-state index in [4.69, 9.17) is 4.98 Å². The van der Waals surface area contributed by atoms with Crippen LogP contribution < -0.4 is 0 Å². The third-order valence-electron chi connectivity index (χ3n) is 6.26. The van der Waals surface area contributed by atoms with Gasteiger partial charge in [0, 0.05) is 24.4 Å². The molecule has 1 N–H and O–H groups in total. The van der Waals surface area contributed by atoms with Crippen molar-refractivity contribution in [1.29, 1.82) is 0 Å². The van der Waals surface area contributed by atoms with E-state index in [-0.39, 0.29) is 0 Å². The average Bonchev–Trinajstić information content (AvgIpc) is 3.23. The minimum Gasteiger partial charge on any atom is -0.342 e. The van der Waals surface area contributed by atoms with Gasteiger partial charge in [-0.15, -0.1) is 0 Å². The van der Waals surface area contributed by atoms with Gasteiger partial charge in [-0.2, -0.15) is 0 Å². The number of hydrogen-bond acceptors (Lipinski definition) is 3. The van der Waals surface area contributed by atoms with E-state index >= 15 is 0 Å². The summed E-state index contributed by atoms with van der Waals surface area (Å²) in [6.45, 7) is 4.54. The molecule has 0 bridgehead atoms. The molecule has 1 atom stereocenters. The fraction of sp³-hybridized carbons (Fsp3) is 0.280. The van der Waals surface area contributed by atoms with Gasteiger partial charge in [-0.05, 0) is 73.8 Å². The lowest BCUT2D eigenvalue weighted by Gasteiger charge is -2.35. The fourth-order valence-electron chi connectivity index (χ4n) is 4.45. The molecule has 4 aromatic rings. The van der Waals surface area contributed by atoms with Crippen LogP contribution in [0.3, 0.4) is 0 Å². The zero-order valence-corrected chi connectivity index (χ0v) is 16.8. The molecule has 1 saturated heterocycles. The van der Waals surface area contributed by atoms with Crippen molar-refractivity contribution in [2.24, 2.45) is 0 Å². The van der Waals surface area contributed by atoms with Gasteiger partial charge >= 0.3 is 0 Å². The van der Waals surface area contributed by atoms with Crippen molar-refractivity contribution in [1.82, 2.24) is 19.9 Å². The molecule has 4 nitrogen and oxygen atoms in total. The van der Waals surface area contributed by atoms with E-state index < -0.39 is 0 Å². The van der Waals surface area contributed by atoms with Crippen molar-refractivity contribution < 1.29 is 0 Å². The zero-order valence-electron chi connectivity index (χ0n) is 16.8. The number of nitrogens with zero attached hydrogens (tertiary/aromatic N) is 3. The molecule has 0 amide bonds. The molecule has 5 rings (SSSR count). The predicted octanol–water partition coefficient (Wildman–Crippen LogP) is 5.57. The second-order valence-corrected chi connectivity index (χ2v) is 7.99. The van der Waals surface area contributed by atoms with E-state index in [1.54, 1.807) is 0 Å². The maximum atomic E-state index is 4.91. The summed E-state index contributed by atoms with van der Waals surface area (Å²) in [5.74, 6) is 1.64. The highest BCUT2D eigenvalue weighted by atomic mass is 15.2. The van der Waals surface area contributed by atoms with Crippen LogP contribution in [0.4, 0.5) is 0 Å². The van der Waals surface area contributed by atoms with Gasteiger partial charge in [0.2, 0.25) is 0 Å². The Hall–Kier alpha value is -2.98. The number of rotatable bonds is 4. The zero-order chi connectivity index (χ0) is 19.6. The largest absolute Gasteiger partial charge is 0.342 e. The monoisotopic (exact) mass is 382 g/mol. The molecule has 4 heteroatoms. The topological polar surface area (TPSA) is 44.8 Å². The van der Waals surface area contributed by atoms with Crippen LogP contribution in [0.15, 0.2) is 73.1 Å². The minimum atomic E-state index is 0.468. The second-order valence-electron chi connectivity index (χ2n) is 7.99. The average molecular weight is 383 g/mol. The molecule has 0 saturated carbocycles. The van der Waals surface area contributed by atoms with Crippen LogP contribution in [0, 0.1) is 0 Å². The Morgan fingerprint density at radius 1 is 0.931 bits per heavy atom. The lowest BCUT2D eigenvalue weighted by molar-refractivity contribution is 0.160. The summed E-state index contributed by atoms with van der Waals surface area (Å²) in [5.41, 5.74) is 5.95. The highest BCUT2D eigenvalue weighted by molar-refractivity contribution is 5.82. The second kappa shape index (κ2) is 7.80. The van der Waals surface area contributed by atoms with Gasteiger partial charge in [0.05, 0.1) is 11.0 Å². The first-order valence-electron chi connectivity index (χ1n) is 10.5. The summed E-state index contributed by atoms with van der Waals surface area (Å²) in [4.78, 5) is 15.2. The van der Waals surface area contributed by atoms with Gasteiger partial charge < -0.3 is 4.98 Å². The number of fused-ring (bicyclic) bond motifs is 1. The van der Waals surface area contributed by atoms with E-state index in [9.17, 15) is 0 Å². The normalized spacial score (nSPS) is 16.9. The van der Waals surface area contributed by atoms with Gasteiger partial charge in [-0.1, -0.05) is 36.4 Å². The van der Waals surface area contributed by atoms with Gasteiger partial charge in [0.1, 0.15) is 5.82 Å². The number of piperidine rings is 1. The molecular weight excluding hydrogens is 356 g/mol. The third kappa shape index (κ3) is 3.68. The van der Waals surface area contributed by atoms with Crippen LogP contribution in [0.5, 0.6) is 0 Å². The van der Waals surface area contributed by atoms with Crippen molar-refractivity contribution >= 4 is 11.0 Å². The van der Waals surface area contributed by atoms with E-state index in [0.29, 0.717) is 12.0 Å². The number of pyridine rings is 1. The smallest absolute Gasteiger partial charge is 0.110 e. The highest BCUT2D eigenvalue weighted by Crippen LogP contribution is 2.32. The third-order valence-corrected chi connectivity index (χ3v) is 6.26. The summed E-state index contributed by atoms with van der Waals surface area (Å²) in [6.07, 6.45) is 5.96. The number of aromatic amines is 1. The number of benzene rings is 2. The summed E-state index contributed by atoms with van der Waals surface area (Å²) >= 11 is 0. The lowest BCUT2D eigenvalue weighted by atomic mass is 9.94. The van der Waals surface area contributed by atoms with Crippen LogP contribution in [0.1, 0.15) is 43.1 Å². The van der Waals surface area contributed by atoms with Crippen LogP contribution in [0.2, 0.25) is 0 Å². The van der Waals surface area contributed by atoms with Crippen molar-refractivity contribution in [2.75, 3.05) is 13.1 Å². The molecule has 146 valence electrons. The van der Waals surface area contributed by atoms with Crippen LogP contribution in [-0.4, -0.2) is 32.9 Å². The van der Waals surface area contributed by atoms with Crippen molar-refractivity contribution in [3.8, 4) is 11.1 Å². The highest BCUT2D eigenvalue weighted by Gasteiger charge is 2.26. The Bertz CT molecular complexity index is 1080. The van der Waals surface area contributed by atoms with Crippen LogP contribution in [0.25, 0.3) is 22.2 Å². The SMILES string of the molecule is CC(c1ccccc1)N1CCC(c2nc3ccc(-c4ccncc4)cc3[nH]2)CC1. The molecule has 3 heterocycles. The summed E-state index contributed by atoms with van der Waals surface area (Å²) in [7, 11) is 0. The molecule has 2 aromatic heterocycles. The number of imidazole rings is 1. The van der Waals surface area contributed by atoms with Gasteiger partial charge in [0.15, 0.2) is 0 Å². The van der Waals surface area contributed by atoms with Gasteiger partial charge in [0.25, 0.3) is 0 Å². The maximum absolute atomic E-state index is 4.91. The van der Waals surface area contributed by atoms with Crippen molar-refractivity contribution in [2.45, 2.75) is 31.7 Å². The van der Waals surface area contributed by atoms with Gasteiger partial charge in [-0.25, -0.2) is 4.98 Å². The number of aromatic nitrogens is 3. The predicted molar refractivity (Wildman–Crippen MR) is 118 cm³/mol. The fourth-order valence-corrected chi connectivity index (χ4v) is 4.45.